The van der Waals surface area contributed by atoms with Crippen LogP contribution in [0.4, 0.5) is 5.69 Å². The van der Waals surface area contributed by atoms with E-state index in [1.54, 1.807) is 0 Å². The molecule has 2 aromatic heterocycles. The number of nitrogens with zero attached hydrogens (tertiary/aromatic N) is 2. The van der Waals surface area contributed by atoms with E-state index in [-0.39, 0.29) is 0 Å². The van der Waals surface area contributed by atoms with Gasteiger partial charge in [-0.2, -0.15) is 5.10 Å². The van der Waals surface area contributed by atoms with Gasteiger partial charge in [0.1, 0.15) is 0 Å². The molecule has 0 aliphatic heterocycles. The van der Waals surface area contributed by atoms with Gasteiger partial charge in [0.2, 0.25) is 0 Å². The lowest BCUT2D eigenvalue weighted by atomic mass is 10.1. The number of fused-ring (bicyclic) bond motifs is 2. The number of rotatable bonds is 3. The summed E-state index contributed by atoms with van der Waals surface area (Å²) in [6.07, 6.45) is 5.54. The van der Waals surface area contributed by atoms with Crippen molar-refractivity contribution in [3.05, 3.63) is 66.6 Å². The van der Waals surface area contributed by atoms with Crippen molar-refractivity contribution in [1.29, 1.82) is 0 Å². The van der Waals surface area contributed by atoms with E-state index in [2.05, 4.69) is 56.9 Å². The van der Waals surface area contributed by atoms with Crippen LogP contribution < -0.4 is 5.32 Å². The molecule has 0 aliphatic carbocycles. The summed E-state index contributed by atoms with van der Waals surface area (Å²) in [6, 6.07) is 14.7. The van der Waals surface area contributed by atoms with Crippen molar-refractivity contribution in [3.8, 4) is 0 Å². The highest BCUT2D eigenvalue weighted by Gasteiger charge is 2.00. The number of H-pyrrole nitrogens is 1. The maximum atomic E-state index is 4.13. The molecule has 4 rings (SSSR count). The summed E-state index contributed by atoms with van der Waals surface area (Å²) >= 11 is 0. The van der Waals surface area contributed by atoms with Gasteiger partial charge < -0.3 is 5.32 Å². The van der Waals surface area contributed by atoms with E-state index in [1.165, 1.54) is 16.3 Å². The molecule has 0 saturated heterocycles. The Labute approximate surface area is 121 Å². The minimum Gasteiger partial charge on any atom is -0.381 e. The van der Waals surface area contributed by atoms with Crippen LogP contribution in [0.3, 0.4) is 0 Å². The first-order valence-electron chi connectivity index (χ1n) is 6.88. The monoisotopic (exact) mass is 274 g/mol. The molecule has 0 spiro atoms. The Kier molecular flexibility index (Phi) is 2.78. The molecule has 0 radical (unpaired) electrons. The Morgan fingerprint density at radius 1 is 0.905 bits per heavy atom. The standard InChI is InChI=1S/C17H14N4/c1-2-14-10-18-6-5-13(14)7-12(1)9-19-16-4-3-15-11-20-21-17(15)8-16/h1-8,10-11,19H,9H2,(H,20,21). The summed E-state index contributed by atoms with van der Waals surface area (Å²) in [4.78, 5) is 4.13. The third-order valence-electron chi connectivity index (χ3n) is 3.64. The molecule has 0 unspecified atom stereocenters. The van der Waals surface area contributed by atoms with Crippen molar-refractivity contribution in [1.82, 2.24) is 15.2 Å². The van der Waals surface area contributed by atoms with Crippen LogP contribution in [-0.4, -0.2) is 15.2 Å². The first-order chi connectivity index (χ1) is 10.4. The predicted molar refractivity (Wildman–Crippen MR) is 85.2 cm³/mol. The van der Waals surface area contributed by atoms with Gasteiger partial charge in [-0.25, -0.2) is 0 Å². The Hall–Kier alpha value is -2.88. The maximum Gasteiger partial charge on any atom is 0.0670 e. The number of aromatic nitrogens is 3. The molecule has 4 aromatic rings. The molecule has 102 valence electrons. The first kappa shape index (κ1) is 11.9. The van der Waals surface area contributed by atoms with Crippen LogP contribution in [0.1, 0.15) is 5.56 Å². The summed E-state index contributed by atoms with van der Waals surface area (Å²) in [7, 11) is 0. The second-order valence-electron chi connectivity index (χ2n) is 5.08. The van der Waals surface area contributed by atoms with Gasteiger partial charge in [-0.1, -0.05) is 12.1 Å². The number of hydrogen-bond acceptors (Lipinski definition) is 3. The van der Waals surface area contributed by atoms with Gasteiger partial charge in [0.15, 0.2) is 0 Å². The van der Waals surface area contributed by atoms with E-state index in [0.29, 0.717) is 0 Å². The van der Waals surface area contributed by atoms with Gasteiger partial charge in [0.05, 0.1) is 11.7 Å². The van der Waals surface area contributed by atoms with Gasteiger partial charge in [-0.3, -0.25) is 10.1 Å². The molecule has 21 heavy (non-hydrogen) atoms. The molecule has 4 nitrogen and oxygen atoms in total. The van der Waals surface area contributed by atoms with Crippen molar-refractivity contribution in [2.45, 2.75) is 6.54 Å². The Morgan fingerprint density at radius 3 is 2.86 bits per heavy atom. The first-order valence-corrected chi connectivity index (χ1v) is 6.88. The van der Waals surface area contributed by atoms with E-state index in [0.717, 1.165) is 23.1 Å². The molecule has 2 aromatic carbocycles. The number of anilines is 1. The summed E-state index contributed by atoms with van der Waals surface area (Å²) < 4.78 is 0. The fourth-order valence-corrected chi connectivity index (χ4v) is 2.49. The fourth-order valence-electron chi connectivity index (χ4n) is 2.49. The fraction of sp³-hybridized carbons (Fsp3) is 0.0588. The van der Waals surface area contributed by atoms with Gasteiger partial charge in [-0.05, 0) is 41.3 Å². The summed E-state index contributed by atoms with van der Waals surface area (Å²) in [5, 5.41) is 14.0. The average molecular weight is 274 g/mol. The number of benzene rings is 2. The highest BCUT2D eigenvalue weighted by molar-refractivity contribution is 5.83. The normalized spacial score (nSPS) is 11.0. The molecule has 0 atom stereocenters. The zero-order valence-corrected chi connectivity index (χ0v) is 11.4. The second-order valence-corrected chi connectivity index (χ2v) is 5.08. The largest absolute Gasteiger partial charge is 0.381 e. The SMILES string of the molecule is c1cc2cc(CNc3ccc4cn[nH]c4c3)ccc2cn1. The smallest absolute Gasteiger partial charge is 0.0670 e. The molecule has 0 fully saturated rings. The molecule has 2 heterocycles. The van der Waals surface area contributed by atoms with Crippen LogP contribution in [0, 0.1) is 0 Å². The number of hydrogen-bond donors (Lipinski definition) is 2. The number of aromatic amines is 1. The third kappa shape index (κ3) is 2.31. The topological polar surface area (TPSA) is 53.6 Å². The second kappa shape index (κ2) is 4.90. The van der Waals surface area contributed by atoms with Crippen molar-refractivity contribution in [3.63, 3.8) is 0 Å². The van der Waals surface area contributed by atoms with Gasteiger partial charge in [0, 0.05) is 35.4 Å². The van der Waals surface area contributed by atoms with E-state index in [1.807, 2.05) is 24.7 Å². The lowest BCUT2D eigenvalue weighted by Crippen LogP contribution is -1.99. The Bertz CT molecular complexity index is 911. The number of nitrogens with one attached hydrogen (secondary N) is 2. The lowest BCUT2D eigenvalue weighted by molar-refractivity contribution is 1.12. The zero-order chi connectivity index (χ0) is 14.1. The van der Waals surface area contributed by atoms with E-state index in [4.69, 9.17) is 0 Å². The van der Waals surface area contributed by atoms with Crippen molar-refractivity contribution < 1.29 is 0 Å². The van der Waals surface area contributed by atoms with E-state index in [9.17, 15) is 0 Å². The van der Waals surface area contributed by atoms with Crippen LogP contribution in [0.25, 0.3) is 21.7 Å². The van der Waals surface area contributed by atoms with Crippen LogP contribution in [0.5, 0.6) is 0 Å². The highest BCUT2D eigenvalue weighted by atomic mass is 15.1. The van der Waals surface area contributed by atoms with Crippen LogP contribution in [0.2, 0.25) is 0 Å². The predicted octanol–water partition coefficient (Wildman–Crippen LogP) is 3.72. The Balaban J connectivity index is 1.56. The third-order valence-corrected chi connectivity index (χ3v) is 3.64. The average Bonchev–Trinajstić information content (AvgIpc) is 3.00. The molecule has 0 amide bonds. The molecular formula is C17H14N4. The highest BCUT2D eigenvalue weighted by Crippen LogP contribution is 2.19. The van der Waals surface area contributed by atoms with Gasteiger partial charge in [0.25, 0.3) is 0 Å². The maximum absolute atomic E-state index is 4.13. The summed E-state index contributed by atoms with van der Waals surface area (Å²) in [6.45, 7) is 0.790. The summed E-state index contributed by atoms with van der Waals surface area (Å²) in [5.74, 6) is 0. The molecule has 2 N–H and O–H groups in total. The lowest BCUT2D eigenvalue weighted by Gasteiger charge is -2.07. The quantitative estimate of drug-likeness (QED) is 0.598. The van der Waals surface area contributed by atoms with Crippen molar-refractivity contribution in [2.75, 3.05) is 5.32 Å². The van der Waals surface area contributed by atoms with Crippen molar-refractivity contribution >= 4 is 27.4 Å². The molecule has 0 bridgehead atoms. The van der Waals surface area contributed by atoms with Crippen LogP contribution in [-0.2, 0) is 6.54 Å². The Morgan fingerprint density at radius 2 is 1.86 bits per heavy atom. The van der Waals surface area contributed by atoms with E-state index < -0.39 is 0 Å². The van der Waals surface area contributed by atoms with Crippen LogP contribution >= 0.6 is 0 Å². The molecular weight excluding hydrogens is 260 g/mol. The molecule has 4 heteroatoms. The minimum absolute atomic E-state index is 0.790. The van der Waals surface area contributed by atoms with Crippen LogP contribution in [0.15, 0.2) is 61.1 Å². The number of pyridine rings is 1. The molecule has 0 aliphatic rings. The van der Waals surface area contributed by atoms with Gasteiger partial charge >= 0.3 is 0 Å². The zero-order valence-electron chi connectivity index (χ0n) is 11.4. The minimum atomic E-state index is 0.790. The van der Waals surface area contributed by atoms with E-state index >= 15 is 0 Å². The van der Waals surface area contributed by atoms with Gasteiger partial charge in [-0.15, -0.1) is 0 Å². The molecule has 0 saturated carbocycles. The van der Waals surface area contributed by atoms with Crippen molar-refractivity contribution in [2.24, 2.45) is 0 Å². The summed E-state index contributed by atoms with van der Waals surface area (Å²) in [5.41, 5.74) is 3.38.